The number of fused-ring (bicyclic) bond motifs is 1. The zero-order valence-electron chi connectivity index (χ0n) is 12.2. The summed E-state index contributed by atoms with van der Waals surface area (Å²) in [5.41, 5.74) is 11.9. The number of aryl methyl sites for hydroxylation is 3. The van der Waals surface area contributed by atoms with Crippen LogP contribution >= 0.6 is 0 Å². The molecule has 1 aliphatic rings. The lowest BCUT2D eigenvalue weighted by Crippen LogP contribution is -2.13. The van der Waals surface area contributed by atoms with Crippen LogP contribution in [0.1, 0.15) is 41.9 Å². The molecule has 2 aromatic rings. The fourth-order valence-corrected chi connectivity index (χ4v) is 2.80. The zero-order valence-corrected chi connectivity index (χ0v) is 12.2. The van der Waals surface area contributed by atoms with Crippen molar-refractivity contribution < 1.29 is 0 Å². The Hall–Kier alpha value is -1.74. The molecule has 1 aliphatic carbocycles. The molecular weight excluding hydrogens is 246 g/mol. The van der Waals surface area contributed by atoms with Crippen LogP contribution in [-0.4, -0.2) is 16.5 Å². The van der Waals surface area contributed by atoms with E-state index in [4.69, 9.17) is 10.7 Å². The number of hydrogen-bond acceptors (Lipinski definition) is 3. The summed E-state index contributed by atoms with van der Waals surface area (Å²) in [6.45, 7) is 4.67. The molecule has 1 atom stereocenters. The van der Waals surface area contributed by atoms with E-state index >= 15 is 0 Å². The first-order valence-electron chi connectivity index (χ1n) is 7.35. The molecule has 3 heteroatoms. The maximum Gasteiger partial charge on any atom is 0.133 e. The van der Waals surface area contributed by atoms with Crippen molar-refractivity contribution in [3.63, 3.8) is 0 Å². The maximum absolute atomic E-state index is 5.74. The van der Waals surface area contributed by atoms with Crippen molar-refractivity contribution in [2.75, 3.05) is 6.54 Å². The smallest absolute Gasteiger partial charge is 0.133 e. The van der Waals surface area contributed by atoms with Crippen LogP contribution in [0.4, 0.5) is 0 Å². The Balaban J connectivity index is 2.03. The molecule has 0 amide bonds. The highest BCUT2D eigenvalue weighted by molar-refractivity contribution is 5.62. The number of aromatic nitrogens is 2. The first-order valence-corrected chi connectivity index (χ1v) is 7.35. The molecule has 1 unspecified atom stereocenters. The summed E-state index contributed by atoms with van der Waals surface area (Å²) >= 11 is 0. The summed E-state index contributed by atoms with van der Waals surface area (Å²) in [6.07, 6.45) is 3.68. The Labute approximate surface area is 120 Å². The van der Waals surface area contributed by atoms with Crippen LogP contribution < -0.4 is 5.73 Å². The van der Waals surface area contributed by atoms with Gasteiger partial charge in [-0.2, -0.15) is 0 Å². The predicted molar refractivity (Wildman–Crippen MR) is 81.7 cm³/mol. The average molecular weight is 267 g/mol. The average Bonchev–Trinajstić information content (AvgIpc) is 2.93. The van der Waals surface area contributed by atoms with Gasteiger partial charge in [0.25, 0.3) is 0 Å². The summed E-state index contributed by atoms with van der Waals surface area (Å²) in [5.74, 6) is 1.05. The van der Waals surface area contributed by atoms with Gasteiger partial charge in [0.05, 0.1) is 5.69 Å². The Kier molecular flexibility index (Phi) is 3.53. The van der Waals surface area contributed by atoms with Crippen molar-refractivity contribution >= 4 is 0 Å². The first kappa shape index (κ1) is 13.3. The van der Waals surface area contributed by atoms with Crippen molar-refractivity contribution in [1.82, 2.24) is 9.97 Å². The second-order valence-corrected chi connectivity index (χ2v) is 5.73. The lowest BCUT2D eigenvalue weighted by molar-refractivity contribution is 0.708. The molecule has 3 nitrogen and oxygen atoms in total. The van der Waals surface area contributed by atoms with E-state index in [0.717, 1.165) is 17.2 Å². The van der Waals surface area contributed by atoms with Crippen LogP contribution in [0.15, 0.2) is 24.3 Å². The van der Waals surface area contributed by atoms with Gasteiger partial charge in [0.1, 0.15) is 5.82 Å². The van der Waals surface area contributed by atoms with Crippen LogP contribution in [0.25, 0.3) is 11.3 Å². The number of rotatable bonds is 3. The summed E-state index contributed by atoms with van der Waals surface area (Å²) in [6, 6.07) is 8.79. The van der Waals surface area contributed by atoms with E-state index in [1.165, 1.54) is 36.0 Å². The van der Waals surface area contributed by atoms with Gasteiger partial charge in [0.2, 0.25) is 0 Å². The number of nitrogens with zero attached hydrogens (tertiary/aromatic N) is 2. The zero-order chi connectivity index (χ0) is 14.1. The molecule has 1 aromatic heterocycles. The standard InChI is InChI=1S/C17H21N3/c1-11(10-18)17-19-12(2)8-16(20-17)15-7-6-13-4-3-5-14(13)9-15/h6-9,11H,3-5,10,18H2,1-2H3. The highest BCUT2D eigenvalue weighted by Gasteiger charge is 2.14. The number of nitrogens with two attached hydrogens (primary N) is 1. The minimum Gasteiger partial charge on any atom is -0.330 e. The highest BCUT2D eigenvalue weighted by atomic mass is 14.9. The minimum absolute atomic E-state index is 0.197. The Morgan fingerprint density at radius 2 is 1.95 bits per heavy atom. The van der Waals surface area contributed by atoms with E-state index in [9.17, 15) is 0 Å². The predicted octanol–water partition coefficient (Wildman–Crippen LogP) is 3.00. The quantitative estimate of drug-likeness (QED) is 0.930. The van der Waals surface area contributed by atoms with Gasteiger partial charge in [-0.15, -0.1) is 0 Å². The molecule has 20 heavy (non-hydrogen) atoms. The van der Waals surface area contributed by atoms with Gasteiger partial charge in [-0.05, 0) is 49.4 Å². The Morgan fingerprint density at radius 1 is 1.15 bits per heavy atom. The number of hydrogen-bond donors (Lipinski definition) is 1. The molecule has 104 valence electrons. The number of benzene rings is 1. The van der Waals surface area contributed by atoms with E-state index in [1.807, 2.05) is 6.92 Å². The van der Waals surface area contributed by atoms with Crippen LogP contribution in [-0.2, 0) is 12.8 Å². The van der Waals surface area contributed by atoms with Gasteiger partial charge in [-0.3, -0.25) is 0 Å². The summed E-state index contributed by atoms with van der Waals surface area (Å²) < 4.78 is 0. The van der Waals surface area contributed by atoms with Gasteiger partial charge in [-0.1, -0.05) is 19.1 Å². The molecule has 3 rings (SSSR count). The maximum atomic E-state index is 5.74. The fraction of sp³-hybridized carbons (Fsp3) is 0.412. The second kappa shape index (κ2) is 5.33. The van der Waals surface area contributed by atoms with E-state index < -0.39 is 0 Å². The molecule has 0 saturated carbocycles. The molecule has 0 saturated heterocycles. The third-order valence-corrected chi connectivity index (χ3v) is 4.06. The Bertz CT molecular complexity index is 634. The molecule has 1 aromatic carbocycles. The monoisotopic (exact) mass is 267 g/mol. The largest absolute Gasteiger partial charge is 0.330 e. The second-order valence-electron chi connectivity index (χ2n) is 5.73. The van der Waals surface area contributed by atoms with Crippen molar-refractivity contribution in [2.45, 2.75) is 39.0 Å². The lowest BCUT2D eigenvalue weighted by Gasteiger charge is -2.11. The molecule has 0 aliphatic heterocycles. The van der Waals surface area contributed by atoms with Gasteiger partial charge < -0.3 is 5.73 Å². The van der Waals surface area contributed by atoms with Crippen LogP contribution in [0.5, 0.6) is 0 Å². The summed E-state index contributed by atoms with van der Waals surface area (Å²) in [7, 11) is 0. The molecule has 0 radical (unpaired) electrons. The van der Waals surface area contributed by atoms with Gasteiger partial charge in [-0.25, -0.2) is 9.97 Å². The van der Waals surface area contributed by atoms with E-state index in [-0.39, 0.29) is 5.92 Å². The molecular formula is C17H21N3. The van der Waals surface area contributed by atoms with Crippen molar-refractivity contribution in [1.29, 1.82) is 0 Å². The minimum atomic E-state index is 0.197. The fourth-order valence-electron chi connectivity index (χ4n) is 2.80. The SMILES string of the molecule is Cc1cc(-c2ccc3c(c2)CCC3)nc(C(C)CN)n1. The van der Waals surface area contributed by atoms with Gasteiger partial charge >= 0.3 is 0 Å². The van der Waals surface area contributed by atoms with Crippen molar-refractivity contribution in [3.8, 4) is 11.3 Å². The van der Waals surface area contributed by atoms with E-state index in [1.54, 1.807) is 0 Å². The third kappa shape index (κ3) is 2.46. The molecule has 0 fully saturated rings. The highest BCUT2D eigenvalue weighted by Crippen LogP contribution is 2.28. The van der Waals surface area contributed by atoms with Crippen molar-refractivity contribution in [2.24, 2.45) is 5.73 Å². The van der Waals surface area contributed by atoms with Gasteiger partial charge in [0.15, 0.2) is 0 Å². The first-order chi connectivity index (χ1) is 9.67. The molecule has 0 bridgehead atoms. The summed E-state index contributed by atoms with van der Waals surface area (Å²) in [5, 5.41) is 0. The van der Waals surface area contributed by atoms with Crippen LogP contribution in [0.3, 0.4) is 0 Å². The van der Waals surface area contributed by atoms with E-state index in [0.29, 0.717) is 6.54 Å². The van der Waals surface area contributed by atoms with Crippen LogP contribution in [0, 0.1) is 6.92 Å². The topological polar surface area (TPSA) is 51.8 Å². The lowest BCUT2D eigenvalue weighted by atomic mass is 10.0. The van der Waals surface area contributed by atoms with Crippen molar-refractivity contribution in [3.05, 3.63) is 46.9 Å². The Morgan fingerprint density at radius 3 is 2.75 bits per heavy atom. The molecule has 2 N–H and O–H groups in total. The summed E-state index contributed by atoms with van der Waals surface area (Å²) in [4.78, 5) is 9.22. The normalized spacial score (nSPS) is 15.2. The third-order valence-electron chi connectivity index (χ3n) is 4.06. The van der Waals surface area contributed by atoms with Gasteiger partial charge in [0, 0.05) is 23.7 Å². The van der Waals surface area contributed by atoms with Crippen LogP contribution in [0.2, 0.25) is 0 Å². The molecule has 0 spiro atoms. The van der Waals surface area contributed by atoms with E-state index in [2.05, 4.69) is 36.2 Å². The molecule has 1 heterocycles.